The monoisotopic (exact) mass is 397 g/mol. The summed E-state index contributed by atoms with van der Waals surface area (Å²) in [4.78, 5) is 17.0. The largest absolute Gasteiger partial charge is 0.497 e. The zero-order chi connectivity index (χ0) is 20.8. The number of hydrogen-bond acceptors (Lipinski definition) is 5. The van der Waals surface area contributed by atoms with E-state index in [2.05, 4.69) is 20.6 Å². The van der Waals surface area contributed by atoms with Crippen molar-refractivity contribution < 1.29 is 9.53 Å². The number of para-hydroxylation sites is 1. The number of nitrogens with one attached hydrogen (secondary N) is 1. The van der Waals surface area contributed by atoms with Crippen molar-refractivity contribution in [3.63, 3.8) is 0 Å². The Balaban J connectivity index is 1.58. The van der Waals surface area contributed by atoms with Crippen LogP contribution < -0.4 is 10.2 Å². The van der Waals surface area contributed by atoms with E-state index in [0.717, 1.165) is 22.6 Å². The van der Waals surface area contributed by atoms with Gasteiger partial charge in [0.05, 0.1) is 19.0 Å². The Morgan fingerprint density at radius 3 is 2.30 bits per heavy atom. The minimum Gasteiger partial charge on any atom is -0.497 e. The summed E-state index contributed by atoms with van der Waals surface area (Å²) in [5.74, 6) is 0.863. The van der Waals surface area contributed by atoms with E-state index in [1.165, 1.54) is 0 Å². The van der Waals surface area contributed by atoms with Crippen molar-refractivity contribution in [2.75, 3.05) is 7.11 Å². The molecule has 0 aliphatic rings. The molecule has 7 nitrogen and oxygen atoms in total. The van der Waals surface area contributed by atoms with Gasteiger partial charge in [-0.2, -0.15) is 5.10 Å². The van der Waals surface area contributed by atoms with Gasteiger partial charge in [0.15, 0.2) is 5.82 Å². The maximum atomic E-state index is 12.6. The average Bonchev–Trinajstić information content (AvgIpc) is 3.26. The van der Waals surface area contributed by atoms with Crippen LogP contribution in [0, 0.1) is 0 Å². The van der Waals surface area contributed by atoms with Gasteiger partial charge in [-0.1, -0.05) is 48.5 Å². The molecule has 0 atom stereocenters. The molecule has 1 aromatic heterocycles. The van der Waals surface area contributed by atoms with Crippen LogP contribution in [0.2, 0.25) is 0 Å². The van der Waals surface area contributed by atoms with Gasteiger partial charge in [-0.15, -0.1) is 5.10 Å². The van der Waals surface area contributed by atoms with E-state index in [-0.39, 0.29) is 5.82 Å². The molecular formula is C23H19N5O2. The topological polar surface area (TPSA) is 81.4 Å². The minimum atomic E-state index is -0.494. The summed E-state index contributed by atoms with van der Waals surface area (Å²) < 4.78 is 6.77. The van der Waals surface area contributed by atoms with Gasteiger partial charge >= 0.3 is 5.91 Å². The molecule has 0 radical (unpaired) electrons. The molecule has 4 aromatic rings. The molecule has 7 heteroatoms. The quantitative estimate of drug-likeness (QED) is 0.397. The molecule has 1 N–H and O–H groups in total. The number of hydrazone groups is 1. The zero-order valence-corrected chi connectivity index (χ0v) is 16.3. The number of amides is 1. The first-order chi connectivity index (χ1) is 14.7. The maximum absolute atomic E-state index is 12.6. The van der Waals surface area contributed by atoms with Gasteiger partial charge in [-0.25, -0.2) is 15.1 Å². The second kappa shape index (κ2) is 8.83. The van der Waals surface area contributed by atoms with Gasteiger partial charge in [0.2, 0.25) is 5.82 Å². The Kier molecular flexibility index (Phi) is 5.61. The van der Waals surface area contributed by atoms with Crippen molar-refractivity contribution in [3.05, 3.63) is 96.3 Å². The number of methoxy groups -OCH3 is 1. The summed E-state index contributed by atoms with van der Waals surface area (Å²) in [6.45, 7) is 0. The molecule has 0 bridgehead atoms. The molecule has 30 heavy (non-hydrogen) atoms. The molecule has 0 aliphatic heterocycles. The normalized spacial score (nSPS) is 10.8. The summed E-state index contributed by atoms with van der Waals surface area (Å²) in [7, 11) is 1.61. The second-order valence-electron chi connectivity index (χ2n) is 6.34. The molecule has 0 unspecified atom stereocenters. The Morgan fingerprint density at radius 2 is 1.63 bits per heavy atom. The molecule has 1 heterocycles. The van der Waals surface area contributed by atoms with Crippen LogP contribution >= 0.6 is 0 Å². The molecule has 0 saturated heterocycles. The molecule has 0 fully saturated rings. The molecule has 4 rings (SSSR count). The highest BCUT2D eigenvalue weighted by molar-refractivity contribution is 5.92. The fraction of sp³-hybridized carbons (Fsp3) is 0.0435. The van der Waals surface area contributed by atoms with Crippen LogP contribution in [-0.4, -0.2) is 34.0 Å². The SMILES string of the molecule is COc1ccc(/C=N\NC(=O)c2nc(-c3ccccc3)n(-c3ccccc3)n2)cc1. The van der Waals surface area contributed by atoms with Crippen molar-refractivity contribution in [1.29, 1.82) is 0 Å². The van der Waals surface area contributed by atoms with E-state index in [9.17, 15) is 4.79 Å². The van der Waals surface area contributed by atoms with Crippen LogP contribution in [0.4, 0.5) is 0 Å². The number of rotatable bonds is 6. The Hall–Kier alpha value is -4.26. The van der Waals surface area contributed by atoms with Gasteiger partial charge in [0.25, 0.3) is 0 Å². The third-order valence-corrected chi connectivity index (χ3v) is 4.34. The number of benzene rings is 3. The van der Waals surface area contributed by atoms with E-state index in [1.54, 1.807) is 18.0 Å². The van der Waals surface area contributed by atoms with Gasteiger partial charge in [0, 0.05) is 5.56 Å². The van der Waals surface area contributed by atoms with Crippen LogP contribution in [0.25, 0.3) is 17.1 Å². The zero-order valence-electron chi connectivity index (χ0n) is 16.3. The van der Waals surface area contributed by atoms with E-state index < -0.39 is 5.91 Å². The van der Waals surface area contributed by atoms with Crippen molar-refractivity contribution in [2.24, 2.45) is 5.10 Å². The fourth-order valence-electron chi connectivity index (χ4n) is 2.84. The summed E-state index contributed by atoms with van der Waals surface area (Å²) in [5.41, 5.74) is 4.97. The maximum Gasteiger partial charge on any atom is 0.311 e. The highest BCUT2D eigenvalue weighted by atomic mass is 16.5. The molecule has 3 aromatic carbocycles. The minimum absolute atomic E-state index is 0.0320. The number of carbonyl (C=O) groups is 1. The summed E-state index contributed by atoms with van der Waals surface area (Å²) in [6, 6.07) is 26.5. The highest BCUT2D eigenvalue weighted by Crippen LogP contribution is 2.21. The van der Waals surface area contributed by atoms with Crippen molar-refractivity contribution >= 4 is 12.1 Å². The van der Waals surface area contributed by atoms with Crippen LogP contribution in [0.15, 0.2) is 90.0 Å². The van der Waals surface area contributed by atoms with Gasteiger partial charge in [-0.3, -0.25) is 4.79 Å². The molecule has 148 valence electrons. The van der Waals surface area contributed by atoms with Gasteiger partial charge in [-0.05, 0) is 42.0 Å². The number of nitrogens with zero attached hydrogens (tertiary/aromatic N) is 4. The Bertz CT molecular complexity index is 1100. The smallest absolute Gasteiger partial charge is 0.311 e. The molecule has 0 saturated carbocycles. The lowest BCUT2D eigenvalue weighted by Gasteiger charge is -2.05. The van der Waals surface area contributed by atoms with E-state index >= 15 is 0 Å². The van der Waals surface area contributed by atoms with Crippen LogP contribution in [0.1, 0.15) is 16.2 Å². The Labute approximate surface area is 173 Å². The van der Waals surface area contributed by atoms with E-state index in [0.29, 0.717) is 5.82 Å². The predicted octanol–water partition coefficient (Wildman–Crippen LogP) is 3.71. The third kappa shape index (κ3) is 4.25. The molecule has 0 spiro atoms. The number of hydrogen-bond donors (Lipinski definition) is 1. The summed E-state index contributed by atoms with van der Waals surface area (Å²) >= 11 is 0. The predicted molar refractivity (Wildman–Crippen MR) is 115 cm³/mol. The van der Waals surface area contributed by atoms with Crippen molar-refractivity contribution in [1.82, 2.24) is 20.2 Å². The summed E-state index contributed by atoms with van der Waals surface area (Å²) in [5, 5.41) is 8.41. The lowest BCUT2D eigenvalue weighted by atomic mass is 10.2. The van der Waals surface area contributed by atoms with Crippen LogP contribution in [-0.2, 0) is 0 Å². The molecular weight excluding hydrogens is 378 g/mol. The first-order valence-electron chi connectivity index (χ1n) is 9.30. The fourth-order valence-corrected chi connectivity index (χ4v) is 2.84. The first kappa shape index (κ1) is 19.1. The summed E-state index contributed by atoms with van der Waals surface area (Å²) in [6.07, 6.45) is 1.55. The standard InChI is InChI=1S/C23H19N5O2/c1-30-20-14-12-17(13-15-20)16-24-26-23(29)21-25-22(18-8-4-2-5-9-18)28(27-21)19-10-6-3-7-11-19/h2-16H,1H3,(H,26,29)/b24-16-. The lowest BCUT2D eigenvalue weighted by molar-refractivity contribution is 0.0945. The van der Waals surface area contributed by atoms with E-state index in [1.807, 2.05) is 84.9 Å². The molecule has 0 aliphatic carbocycles. The first-order valence-corrected chi connectivity index (χ1v) is 9.30. The third-order valence-electron chi connectivity index (χ3n) is 4.34. The number of ether oxygens (including phenoxy) is 1. The Morgan fingerprint density at radius 1 is 0.967 bits per heavy atom. The number of aromatic nitrogens is 3. The second-order valence-corrected chi connectivity index (χ2v) is 6.34. The van der Waals surface area contributed by atoms with Gasteiger partial charge in [0.1, 0.15) is 5.75 Å². The van der Waals surface area contributed by atoms with Crippen molar-refractivity contribution in [3.8, 4) is 22.8 Å². The van der Waals surface area contributed by atoms with Gasteiger partial charge < -0.3 is 4.74 Å². The highest BCUT2D eigenvalue weighted by Gasteiger charge is 2.18. The lowest BCUT2D eigenvalue weighted by Crippen LogP contribution is -2.19. The van der Waals surface area contributed by atoms with Crippen LogP contribution in [0.5, 0.6) is 5.75 Å². The van der Waals surface area contributed by atoms with E-state index in [4.69, 9.17) is 4.74 Å². The van der Waals surface area contributed by atoms with Crippen LogP contribution in [0.3, 0.4) is 0 Å². The number of carbonyl (C=O) groups excluding carboxylic acids is 1. The van der Waals surface area contributed by atoms with Crippen molar-refractivity contribution in [2.45, 2.75) is 0 Å². The molecule has 1 amide bonds. The average molecular weight is 397 g/mol.